The summed E-state index contributed by atoms with van der Waals surface area (Å²) in [5, 5.41) is 3.26. The molecule has 1 N–H and O–H groups in total. The third kappa shape index (κ3) is 2.38. The molecule has 2 fully saturated rings. The van der Waals surface area contributed by atoms with Crippen molar-refractivity contribution in [1.82, 2.24) is 10.2 Å². The predicted octanol–water partition coefficient (Wildman–Crippen LogP) is 0.0266. The van der Waals surface area contributed by atoms with Gasteiger partial charge in [-0.1, -0.05) is 0 Å². The number of ether oxygens (including phenoxy) is 1. The van der Waals surface area contributed by atoms with Gasteiger partial charge in [0.1, 0.15) is 0 Å². The first-order valence-corrected chi connectivity index (χ1v) is 5.78. The SMILES string of the molecule is CC(C)N(CC1NCCC1=O)C1COC1. The van der Waals surface area contributed by atoms with Gasteiger partial charge >= 0.3 is 0 Å². The summed E-state index contributed by atoms with van der Waals surface area (Å²) in [5.74, 6) is 0.362. The van der Waals surface area contributed by atoms with Crippen LogP contribution in [-0.2, 0) is 9.53 Å². The average molecular weight is 212 g/mol. The number of ketones is 1. The number of carbonyl (C=O) groups is 1. The molecule has 2 rings (SSSR count). The van der Waals surface area contributed by atoms with Crippen LogP contribution < -0.4 is 5.32 Å². The van der Waals surface area contributed by atoms with Crippen LogP contribution in [0.15, 0.2) is 0 Å². The molecule has 0 bridgehead atoms. The fourth-order valence-electron chi connectivity index (χ4n) is 2.23. The summed E-state index contributed by atoms with van der Waals surface area (Å²) in [6.45, 7) is 7.68. The summed E-state index contributed by atoms with van der Waals surface area (Å²) in [6, 6.07) is 1.04. The van der Waals surface area contributed by atoms with E-state index in [-0.39, 0.29) is 6.04 Å². The highest BCUT2D eigenvalue weighted by atomic mass is 16.5. The maximum Gasteiger partial charge on any atom is 0.152 e. The number of rotatable bonds is 4. The molecule has 4 heteroatoms. The lowest BCUT2D eigenvalue weighted by Gasteiger charge is -2.40. The molecule has 0 aromatic heterocycles. The minimum atomic E-state index is 0.0491. The number of carbonyl (C=O) groups excluding carboxylic acids is 1. The van der Waals surface area contributed by atoms with Crippen molar-refractivity contribution in [3.8, 4) is 0 Å². The second-order valence-corrected chi connectivity index (χ2v) is 4.70. The van der Waals surface area contributed by atoms with Crippen molar-refractivity contribution in [2.24, 2.45) is 0 Å². The van der Waals surface area contributed by atoms with Gasteiger partial charge in [-0.05, 0) is 13.8 Å². The molecule has 15 heavy (non-hydrogen) atoms. The van der Waals surface area contributed by atoms with E-state index in [2.05, 4.69) is 24.1 Å². The standard InChI is InChI=1S/C11H20N2O2/c1-8(2)13(9-6-15-7-9)5-10-11(14)3-4-12-10/h8-10,12H,3-7H2,1-2H3. The van der Waals surface area contributed by atoms with Gasteiger partial charge in [0.2, 0.25) is 0 Å². The monoisotopic (exact) mass is 212 g/mol. The topological polar surface area (TPSA) is 41.6 Å². The molecule has 0 aliphatic carbocycles. The first kappa shape index (κ1) is 11.0. The molecular weight excluding hydrogens is 192 g/mol. The van der Waals surface area contributed by atoms with Crippen molar-refractivity contribution in [2.45, 2.75) is 38.4 Å². The quantitative estimate of drug-likeness (QED) is 0.713. The van der Waals surface area contributed by atoms with E-state index in [1.807, 2.05) is 0 Å². The van der Waals surface area contributed by atoms with E-state index >= 15 is 0 Å². The van der Waals surface area contributed by atoms with Gasteiger partial charge in [0.25, 0.3) is 0 Å². The van der Waals surface area contributed by atoms with Crippen LogP contribution in [0.2, 0.25) is 0 Å². The lowest BCUT2D eigenvalue weighted by molar-refractivity contribution is -0.121. The molecule has 2 aliphatic rings. The van der Waals surface area contributed by atoms with Gasteiger partial charge in [0.05, 0.1) is 25.3 Å². The molecule has 1 atom stereocenters. The molecule has 0 aromatic carbocycles. The minimum absolute atomic E-state index is 0.0491. The molecule has 0 radical (unpaired) electrons. The van der Waals surface area contributed by atoms with Gasteiger partial charge in [0.15, 0.2) is 5.78 Å². The number of hydrogen-bond donors (Lipinski definition) is 1. The Balaban J connectivity index is 1.90. The maximum atomic E-state index is 11.5. The van der Waals surface area contributed by atoms with Gasteiger partial charge in [-0.3, -0.25) is 9.69 Å². The first-order chi connectivity index (χ1) is 7.18. The van der Waals surface area contributed by atoms with E-state index in [0.29, 0.717) is 24.3 Å². The van der Waals surface area contributed by atoms with Gasteiger partial charge < -0.3 is 10.1 Å². The zero-order chi connectivity index (χ0) is 10.8. The number of nitrogens with one attached hydrogen (secondary N) is 1. The molecule has 4 nitrogen and oxygen atoms in total. The van der Waals surface area contributed by atoms with E-state index in [1.165, 1.54) is 0 Å². The predicted molar refractivity (Wildman–Crippen MR) is 57.9 cm³/mol. The van der Waals surface area contributed by atoms with Gasteiger partial charge in [-0.15, -0.1) is 0 Å². The van der Waals surface area contributed by atoms with E-state index in [9.17, 15) is 4.79 Å². The van der Waals surface area contributed by atoms with Crippen LogP contribution in [0.4, 0.5) is 0 Å². The zero-order valence-corrected chi connectivity index (χ0v) is 9.53. The van der Waals surface area contributed by atoms with Crippen LogP contribution in [-0.4, -0.2) is 55.1 Å². The highest BCUT2D eigenvalue weighted by molar-refractivity contribution is 5.86. The molecular formula is C11H20N2O2. The molecule has 0 saturated carbocycles. The molecule has 2 saturated heterocycles. The van der Waals surface area contributed by atoms with Gasteiger partial charge in [-0.2, -0.15) is 0 Å². The summed E-state index contributed by atoms with van der Waals surface area (Å²) in [5.41, 5.74) is 0. The maximum absolute atomic E-state index is 11.5. The minimum Gasteiger partial charge on any atom is -0.378 e. The lowest BCUT2D eigenvalue weighted by atomic mass is 10.1. The van der Waals surface area contributed by atoms with Crippen molar-refractivity contribution < 1.29 is 9.53 Å². The second kappa shape index (κ2) is 4.60. The van der Waals surface area contributed by atoms with Crippen LogP contribution in [0.3, 0.4) is 0 Å². The average Bonchev–Trinajstić information content (AvgIpc) is 2.47. The largest absolute Gasteiger partial charge is 0.378 e. The Morgan fingerprint density at radius 2 is 2.27 bits per heavy atom. The summed E-state index contributed by atoms with van der Waals surface area (Å²) in [4.78, 5) is 13.9. The zero-order valence-electron chi connectivity index (χ0n) is 9.53. The summed E-state index contributed by atoms with van der Waals surface area (Å²) in [6.07, 6.45) is 0.692. The van der Waals surface area contributed by atoms with Crippen molar-refractivity contribution in [2.75, 3.05) is 26.3 Å². The van der Waals surface area contributed by atoms with Gasteiger partial charge in [-0.25, -0.2) is 0 Å². The van der Waals surface area contributed by atoms with Crippen LogP contribution >= 0.6 is 0 Å². The van der Waals surface area contributed by atoms with Crippen LogP contribution in [0, 0.1) is 0 Å². The van der Waals surface area contributed by atoms with E-state index in [4.69, 9.17) is 4.74 Å². The molecule has 0 spiro atoms. The molecule has 2 heterocycles. The number of Topliss-reactive ketones (excluding diaryl/α,β-unsaturated/α-hetero) is 1. The summed E-state index contributed by atoms with van der Waals surface area (Å²) < 4.78 is 5.21. The second-order valence-electron chi connectivity index (χ2n) is 4.70. The fraction of sp³-hybridized carbons (Fsp3) is 0.909. The Hall–Kier alpha value is -0.450. The fourth-order valence-corrected chi connectivity index (χ4v) is 2.23. The van der Waals surface area contributed by atoms with E-state index in [0.717, 1.165) is 26.3 Å². The van der Waals surface area contributed by atoms with Crippen molar-refractivity contribution in [1.29, 1.82) is 0 Å². The first-order valence-electron chi connectivity index (χ1n) is 5.78. The Labute approximate surface area is 91.0 Å². The molecule has 1 unspecified atom stereocenters. The normalized spacial score (nSPS) is 27.7. The lowest BCUT2D eigenvalue weighted by Crippen LogP contribution is -2.56. The van der Waals surface area contributed by atoms with Crippen LogP contribution in [0.5, 0.6) is 0 Å². The van der Waals surface area contributed by atoms with E-state index < -0.39 is 0 Å². The number of hydrogen-bond acceptors (Lipinski definition) is 4. The molecule has 0 amide bonds. The molecule has 2 aliphatic heterocycles. The Bertz CT molecular complexity index is 239. The Kier molecular flexibility index (Phi) is 3.38. The number of nitrogens with zero attached hydrogens (tertiary/aromatic N) is 1. The molecule has 86 valence electrons. The van der Waals surface area contributed by atoms with Crippen molar-refractivity contribution in [3.63, 3.8) is 0 Å². The highest BCUT2D eigenvalue weighted by Gasteiger charge is 2.33. The highest BCUT2D eigenvalue weighted by Crippen LogP contribution is 2.15. The molecule has 0 aromatic rings. The van der Waals surface area contributed by atoms with Crippen LogP contribution in [0.25, 0.3) is 0 Å². The van der Waals surface area contributed by atoms with Crippen molar-refractivity contribution in [3.05, 3.63) is 0 Å². The third-order valence-corrected chi connectivity index (χ3v) is 3.30. The van der Waals surface area contributed by atoms with Crippen molar-refractivity contribution >= 4 is 5.78 Å². The Morgan fingerprint density at radius 1 is 1.53 bits per heavy atom. The van der Waals surface area contributed by atoms with E-state index in [1.54, 1.807) is 0 Å². The summed E-state index contributed by atoms with van der Waals surface area (Å²) in [7, 11) is 0. The third-order valence-electron chi connectivity index (χ3n) is 3.30. The smallest absolute Gasteiger partial charge is 0.152 e. The van der Waals surface area contributed by atoms with Crippen LogP contribution in [0.1, 0.15) is 20.3 Å². The Morgan fingerprint density at radius 3 is 2.67 bits per heavy atom. The summed E-state index contributed by atoms with van der Waals surface area (Å²) >= 11 is 0. The van der Waals surface area contributed by atoms with Gasteiger partial charge in [0, 0.05) is 25.6 Å².